The highest BCUT2D eigenvalue weighted by atomic mass is 19.1. The predicted molar refractivity (Wildman–Crippen MR) is 133 cm³/mol. The molecule has 0 saturated heterocycles. The van der Waals surface area contributed by atoms with Crippen molar-refractivity contribution in [1.82, 2.24) is 9.55 Å². The molecule has 2 aromatic heterocycles. The van der Waals surface area contributed by atoms with Crippen molar-refractivity contribution in [3.05, 3.63) is 70.4 Å². The Labute approximate surface area is 201 Å². The molecule has 184 valence electrons. The first kappa shape index (κ1) is 24.6. The molecule has 2 heterocycles. The van der Waals surface area contributed by atoms with E-state index in [2.05, 4.69) is 4.98 Å². The largest absolute Gasteiger partial charge is 0.481 e. The number of carbonyl (C=O) groups is 1. The summed E-state index contributed by atoms with van der Waals surface area (Å²) in [7, 11) is 0. The number of benzene rings is 2. The number of aromatic amines is 1. The monoisotopic (exact) mass is 480 g/mol. The van der Waals surface area contributed by atoms with Gasteiger partial charge < -0.3 is 24.9 Å². The maximum atomic E-state index is 13.8. The number of nitrogens with zero attached hydrogens (tertiary/aromatic N) is 1. The van der Waals surface area contributed by atoms with Crippen molar-refractivity contribution in [2.24, 2.45) is 0 Å². The summed E-state index contributed by atoms with van der Waals surface area (Å²) < 4.78 is 15.7. The van der Waals surface area contributed by atoms with Gasteiger partial charge >= 0.3 is 5.97 Å². The van der Waals surface area contributed by atoms with Crippen LogP contribution in [-0.2, 0) is 11.2 Å². The normalized spacial score (nSPS) is 13.5. The summed E-state index contributed by atoms with van der Waals surface area (Å²) in [6.07, 6.45) is -1.96. The highest BCUT2D eigenvalue weighted by Gasteiger charge is 2.25. The summed E-state index contributed by atoms with van der Waals surface area (Å²) in [4.78, 5) is 27.1. The van der Waals surface area contributed by atoms with E-state index in [-0.39, 0.29) is 30.3 Å². The number of aliphatic hydroxyl groups is 2. The van der Waals surface area contributed by atoms with Gasteiger partial charge in [-0.3, -0.25) is 9.59 Å². The van der Waals surface area contributed by atoms with Gasteiger partial charge in [0.15, 0.2) is 0 Å². The lowest BCUT2D eigenvalue weighted by Crippen LogP contribution is -2.21. The van der Waals surface area contributed by atoms with Gasteiger partial charge in [-0.25, -0.2) is 4.39 Å². The minimum Gasteiger partial charge on any atom is -0.481 e. The molecule has 0 aliphatic heterocycles. The van der Waals surface area contributed by atoms with E-state index in [1.54, 1.807) is 12.1 Å². The fourth-order valence-electron chi connectivity index (χ4n) is 4.88. The molecule has 0 spiro atoms. The number of hydrogen-bond acceptors (Lipinski definition) is 4. The zero-order valence-corrected chi connectivity index (χ0v) is 19.7. The fraction of sp³-hybridized carbons (Fsp3) is 0.333. The van der Waals surface area contributed by atoms with Crippen molar-refractivity contribution in [1.29, 1.82) is 0 Å². The number of carboxylic acid groups (broad SMARTS) is 1. The number of aromatic nitrogens is 2. The van der Waals surface area contributed by atoms with Gasteiger partial charge in [-0.2, -0.15) is 0 Å². The molecule has 0 fully saturated rings. The van der Waals surface area contributed by atoms with Crippen molar-refractivity contribution in [3.63, 3.8) is 0 Å². The number of pyridine rings is 1. The molecule has 0 amide bonds. The van der Waals surface area contributed by atoms with Gasteiger partial charge in [0.2, 0.25) is 0 Å². The number of aliphatic carboxylic acids is 1. The Morgan fingerprint density at radius 3 is 2.40 bits per heavy atom. The molecule has 0 aliphatic rings. The zero-order chi connectivity index (χ0) is 25.3. The number of aliphatic hydroxyl groups excluding tert-OH is 2. The van der Waals surface area contributed by atoms with Crippen LogP contribution in [0.3, 0.4) is 0 Å². The number of carboxylic acids is 1. The van der Waals surface area contributed by atoms with E-state index in [0.717, 1.165) is 27.6 Å². The quantitative estimate of drug-likeness (QED) is 0.284. The van der Waals surface area contributed by atoms with Crippen LogP contribution >= 0.6 is 0 Å². The Kier molecular flexibility index (Phi) is 7.05. The Morgan fingerprint density at radius 1 is 1.06 bits per heavy atom. The first-order valence-corrected chi connectivity index (χ1v) is 11.7. The van der Waals surface area contributed by atoms with Gasteiger partial charge in [-0.1, -0.05) is 30.3 Å². The van der Waals surface area contributed by atoms with Crippen LogP contribution in [0.1, 0.15) is 44.8 Å². The number of halogens is 1. The maximum absolute atomic E-state index is 13.8. The highest BCUT2D eigenvalue weighted by Crippen LogP contribution is 2.39. The van der Waals surface area contributed by atoms with Crippen molar-refractivity contribution in [3.8, 4) is 11.1 Å². The lowest BCUT2D eigenvalue weighted by molar-refractivity contribution is -0.139. The van der Waals surface area contributed by atoms with Crippen LogP contribution in [0.5, 0.6) is 0 Å². The molecule has 2 atom stereocenters. The molecule has 0 bridgehead atoms. The minimum atomic E-state index is -1.15. The Hall–Kier alpha value is -3.49. The molecule has 8 heteroatoms. The van der Waals surface area contributed by atoms with E-state index >= 15 is 0 Å². The van der Waals surface area contributed by atoms with E-state index in [0.29, 0.717) is 17.5 Å². The van der Waals surface area contributed by atoms with E-state index in [9.17, 15) is 24.2 Å². The van der Waals surface area contributed by atoms with E-state index in [4.69, 9.17) is 5.11 Å². The average molecular weight is 481 g/mol. The van der Waals surface area contributed by atoms with Gasteiger partial charge in [0.05, 0.1) is 18.6 Å². The smallest absolute Gasteiger partial charge is 0.305 e. The lowest BCUT2D eigenvalue weighted by Gasteiger charge is -2.18. The Bertz CT molecular complexity index is 1420. The van der Waals surface area contributed by atoms with Gasteiger partial charge in [-0.15, -0.1) is 0 Å². The molecule has 0 saturated carbocycles. The molecule has 4 N–H and O–H groups in total. The zero-order valence-electron chi connectivity index (χ0n) is 19.7. The Morgan fingerprint density at radius 2 is 1.74 bits per heavy atom. The summed E-state index contributed by atoms with van der Waals surface area (Å²) in [5.41, 5.74) is 3.33. The lowest BCUT2D eigenvalue weighted by atomic mass is 9.96. The third-order valence-corrected chi connectivity index (χ3v) is 6.28. The third-order valence-electron chi connectivity index (χ3n) is 6.28. The van der Waals surface area contributed by atoms with Gasteiger partial charge in [0.25, 0.3) is 5.56 Å². The third kappa shape index (κ3) is 4.99. The molecule has 2 aromatic carbocycles. The number of fused-ring (bicyclic) bond motifs is 3. The topological polar surface area (TPSA) is 116 Å². The number of rotatable bonds is 9. The second-order valence-electron chi connectivity index (χ2n) is 9.20. The second-order valence-corrected chi connectivity index (χ2v) is 9.20. The molecule has 0 aliphatic carbocycles. The molecule has 0 unspecified atom stereocenters. The summed E-state index contributed by atoms with van der Waals surface area (Å²) in [5.74, 6) is -1.50. The van der Waals surface area contributed by atoms with Crippen LogP contribution in [0.4, 0.5) is 4.39 Å². The van der Waals surface area contributed by atoms with E-state index < -0.39 is 24.6 Å². The summed E-state index contributed by atoms with van der Waals surface area (Å²) in [6.45, 7) is 3.94. The number of hydrogen-bond donors (Lipinski definition) is 4. The summed E-state index contributed by atoms with van der Waals surface area (Å²) in [6, 6.07) is 13.6. The van der Waals surface area contributed by atoms with Gasteiger partial charge in [0, 0.05) is 33.6 Å². The van der Waals surface area contributed by atoms with E-state index in [1.165, 1.54) is 12.1 Å². The Balaban J connectivity index is 1.90. The predicted octanol–water partition coefficient (Wildman–Crippen LogP) is 4.39. The molecular formula is C27H29FN2O5. The second kappa shape index (κ2) is 10.0. The minimum absolute atomic E-state index is 0.0659. The van der Waals surface area contributed by atoms with Crippen molar-refractivity contribution < 1.29 is 24.5 Å². The molecular weight excluding hydrogens is 451 g/mol. The first-order valence-electron chi connectivity index (χ1n) is 11.7. The van der Waals surface area contributed by atoms with Gasteiger partial charge in [-0.05, 0) is 56.9 Å². The van der Waals surface area contributed by atoms with Gasteiger partial charge in [0.1, 0.15) is 11.3 Å². The van der Waals surface area contributed by atoms with Crippen LogP contribution in [0.15, 0.2) is 53.3 Å². The average Bonchev–Trinajstić information content (AvgIpc) is 3.14. The number of H-pyrrole nitrogens is 1. The van der Waals surface area contributed by atoms with Crippen LogP contribution in [0, 0.1) is 5.82 Å². The molecule has 35 heavy (non-hydrogen) atoms. The SMILES string of the molecule is CC(C)n1c(CC[C@@H](O)C[C@@H](O)CC(=O)O)c(-c2ccc(F)cc2)c2c3ccccc3[nH]c(=O)c21. The number of nitrogens with one attached hydrogen (secondary N) is 1. The summed E-state index contributed by atoms with van der Waals surface area (Å²) in [5, 5.41) is 31.0. The van der Waals surface area contributed by atoms with Crippen LogP contribution < -0.4 is 5.56 Å². The van der Waals surface area contributed by atoms with Crippen molar-refractivity contribution >= 4 is 27.8 Å². The van der Waals surface area contributed by atoms with Crippen LogP contribution in [0.2, 0.25) is 0 Å². The standard InChI is InChI=1S/C27H29FN2O5/c1-15(2)30-22(12-11-18(31)13-19(32)14-23(33)34)24(16-7-9-17(28)10-8-16)25-20-5-3-4-6-21(20)29-27(35)26(25)30/h3-10,15,18-19,31-32H,11-14H2,1-2H3,(H,29,35)(H,33,34)/t18-,19-/m1/s1. The van der Waals surface area contributed by atoms with E-state index in [1.807, 2.05) is 42.7 Å². The molecule has 4 rings (SSSR count). The molecule has 4 aromatic rings. The number of para-hydroxylation sites is 1. The van der Waals surface area contributed by atoms with Crippen LogP contribution in [-0.4, -0.2) is 43.0 Å². The molecule has 7 nitrogen and oxygen atoms in total. The highest BCUT2D eigenvalue weighted by molar-refractivity contribution is 6.13. The first-order chi connectivity index (χ1) is 16.7. The summed E-state index contributed by atoms with van der Waals surface area (Å²) >= 11 is 0. The maximum Gasteiger partial charge on any atom is 0.305 e. The van der Waals surface area contributed by atoms with Crippen molar-refractivity contribution in [2.75, 3.05) is 0 Å². The fourth-order valence-corrected chi connectivity index (χ4v) is 4.88. The van der Waals surface area contributed by atoms with Crippen LogP contribution in [0.25, 0.3) is 32.9 Å². The molecule has 0 radical (unpaired) electrons. The van der Waals surface area contributed by atoms with Crippen molar-refractivity contribution in [2.45, 2.75) is 57.8 Å².